The summed E-state index contributed by atoms with van der Waals surface area (Å²) in [6, 6.07) is 4.07. The van der Waals surface area contributed by atoms with Gasteiger partial charge in [-0.15, -0.1) is 11.3 Å². The minimum absolute atomic E-state index is 0.0539. The van der Waals surface area contributed by atoms with Crippen molar-refractivity contribution in [1.82, 2.24) is 10.6 Å². The van der Waals surface area contributed by atoms with Gasteiger partial charge in [0, 0.05) is 23.3 Å². The van der Waals surface area contributed by atoms with Gasteiger partial charge in [0.2, 0.25) is 11.8 Å². The fraction of sp³-hybridized carbons (Fsp3) is 0.600. The Kier molecular flexibility index (Phi) is 4.81. The van der Waals surface area contributed by atoms with Gasteiger partial charge in [0.15, 0.2) is 0 Å². The molecule has 1 saturated heterocycles. The van der Waals surface area contributed by atoms with Gasteiger partial charge in [-0.05, 0) is 37.6 Å². The highest BCUT2D eigenvalue weighted by atomic mass is 32.1. The molecule has 1 fully saturated rings. The first-order valence-corrected chi connectivity index (χ1v) is 8.06. The van der Waals surface area contributed by atoms with Crippen molar-refractivity contribution < 1.29 is 9.59 Å². The minimum Gasteiger partial charge on any atom is -0.351 e. The molecular formula is C15H22N2O2S. The first-order chi connectivity index (χ1) is 9.54. The van der Waals surface area contributed by atoms with Crippen LogP contribution in [0, 0.1) is 0 Å². The molecule has 4 nitrogen and oxygen atoms in total. The Morgan fingerprint density at radius 1 is 1.60 bits per heavy atom. The third-order valence-electron chi connectivity index (χ3n) is 4.09. The van der Waals surface area contributed by atoms with Crippen molar-refractivity contribution in [1.29, 1.82) is 0 Å². The Labute approximate surface area is 124 Å². The molecule has 2 amide bonds. The highest BCUT2D eigenvalue weighted by Crippen LogP contribution is 2.28. The van der Waals surface area contributed by atoms with Crippen LogP contribution in [0.25, 0.3) is 0 Å². The fourth-order valence-corrected chi connectivity index (χ4v) is 3.41. The molecule has 1 aromatic rings. The summed E-state index contributed by atoms with van der Waals surface area (Å²) in [5, 5.41) is 8.07. The number of carbonyl (C=O) groups excluding carboxylic acids is 2. The standard InChI is InChI=1S/C15H22N2O2S/c1-3-15(9-7-14(19)17-15)8-6-13(18)16-11(2)12-5-4-10-20-12/h4-5,10-11H,3,6-9H2,1-2H3,(H,16,18)(H,17,19)/t11-,15-/m0/s1. The Morgan fingerprint density at radius 3 is 2.95 bits per heavy atom. The van der Waals surface area contributed by atoms with Gasteiger partial charge in [-0.3, -0.25) is 9.59 Å². The van der Waals surface area contributed by atoms with Crippen molar-refractivity contribution in [3.05, 3.63) is 22.4 Å². The van der Waals surface area contributed by atoms with E-state index < -0.39 is 0 Å². The van der Waals surface area contributed by atoms with E-state index in [1.54, 1.807) is 11.3 Å². The summed E-state index contributed by atoms with van der Waals surface area (Å²) in [6.07, 6.45) is 3.49. The second-order valence-electron chi connectivity index (χ2n) is 5.49. The van der Waals surface area contributed by atoms with Crippen molar-refractivity contribution in [2.75, 3.05) is 0 Å². The van der Waals surface area contributed by atoms with Crippen LogP contribution in [0.3, 0.4) is 0 Å². The lowest BCUT2D eigenvalue weighted by Gasteiger charge is -2.27. The van der Waals surface area contributed by atoms with E-state index in [1.807, 2.05) is 24.4 Å². The first kappa shape index (κ1) is 15.0. The van der Waals surface area contributed by atoms with E-state index in [0.717, 1.165) is 24.1 Å². The van der Waals surface area contributed by atoms with Crippen molar-refractivity contribution >= 4 is 23.2 Å². The van der Waals surface area contributed by atoms with Gasteiger partial charge in [-0.1, -0.05) is 13.0 Å². The topological polar surface area (TPSA) is 58.2 Å². The van der Waals surface area contributed by atoms with Gasteiger partial charge < -0.3 is 10.6 Å². The lowest BCUT2D eigenvalue weighted by atomic mass is 9.89. The zero-order valence-electron chi connectivity index (χ0n) is 12.1. The lowest BCUT2D eigenvalue weighted by Crippen LogP contribution is -2.42. The van der Waals surface area contributed by atoms with E-state index in [1.165, 1.54) is 0 Å². The van der Waals surface area contributed by atoms with E-state index in [0.29, 0.717) is 12.8 Å². The molecule has 110 valence electrons. The number of thiophene rings is 1. The third kappa shape index (κ3) is 3.60. The van der Waals surface area contributed by atoms with Gasteiger partial charge in [0.1, 0.15) is 0 Å². The van der Waals surface area contributed by atoms with E-state index in [-0.39, 0.29) is 23.4 Å². The van der Waals surface area contributed by atoms with Crippen LogP contribution in [0.2, 0.25) is 0 Å². The van der Waals surface area contributed by atoms with E-state index >= 15 is 0 Å². The molecule has 0 bridgehead atoms. The molecule has 5 heteroatoms. The van der Waals surface area contributed by atoms with Crippen LogP contribution in [0.1, 0.15) is 56.9 Å². The van der Waals surface area contributed by atoms with Gasteiger partial charge in [0.05, 0.1) is 6.04 Å². The molecule has 0 saturated carbocycles. The average molecular weight is 294 g/mol. The Hall–Kier alpha value is -1.36. The number of hydrogen-bond donors (Lipinski definition) is 2. The highest BCUT2D eigenvalue weighted by Gasteiger charge is 2.35. The van der Waals surface area contributed by atoms with Crippen LogP contribution in [-0.4, -0.2) is 17.4 Å². The molecule has 0 spiro atoms. The summed E-state index contributed by atoms with van der Waals surface area (Å²) in [5.41, 5.74) is -0.166. The van der Waals surface area contributed by atoms with Crippen LogP contribution in [-0.2, 0) is 9.59 Å². The molecule has 2 heterocycles. The molecule has 2 rings (SSSR count). The van der Waals surface area contributed by atoms with E-state index in [4.69, 9.17) is 0 Å². The number of hydrogen-bond acceptors (Lipinski definition) is 3. The average Bonchev–Trinajstić information content (AvgIpc) is 3.06. The van der Waals surface area contributed by atoms with Crippen LogP contribution >= 0.6 is 11.3 Å². The summed E-state index contributed by atoms with van der Waals surface area (Å²) < 4.78 is 0. The molecular weight excluding hydrogens is 272 g/mol. The van der Waals surface area contributed by atoms with Gasteiger partial charge in [-0.25, -0.2) is 0 Å². The lowest BCUT2D eigenvalue weighted by molar-refractivity contribution is -0.123. The second kappa shape index (κ2) is 6.39. The first-order valence-electron chi connectivity index (χ1n) is 7.18. The molecule has 2 N–H and O–H groups in total. The number of nitrogens with one attached hydrogen (secondary N) is 2. The van der Waals surface area contributed by atoms with E-state index in [9.17, 15) is 9.59 Å². The Bertz CT molecular complexity index is 472. The maximum Gasteiger partial charge on any atom is 0.220 e. The van der Waals surface area contributed by atoms with E-state index in [2.05, 4.69) is 17.6 Å². The molecule has 0 aliphatic carbocycles. The largest absolute Gasteiger partial charge is 0.351 e. The Balaban J connectivity index is 1.81. The zero-order valence-corrected chi connectivity index (χ0v) is 12.9. The van der Waals surface area contributed by atoms with Gasteiger partial charge in [0.25, 0.3) is 0 Å². The van der Waals surface area contributed by atoms with Crippen LogP contribution < -0.4 is 10.6 Å². The van der Waals surface area contributed by atoms with Crippen LogP contribution in [0.4, 0.5) is 0 Å². The smallest absolute Gasteiger partial charge is 0.220 e. The summed E-state index contributed by atoms with van der Waals surface area (Å²) >= 11 is 1.65. The van der Waals surface area contributed by atoms with Gasteiger partial charge >= 0.3 is 0 Å². The van der Waals surface area contributed by atoms with Crippen molar-refractivity contribution in [2.45, 2.75) is 57.5 Å². The maximum absolute atomic E-state index is 12.0. The molecule has 0 unspecified atom stereocenters. The van der Waals surface area contributed by atoms with Crippen LogP contribution in [0.5, 0.6) is 0 Å². The van der Waals surface area contributed by atoms with Gasteiger partial charge in [-0.2, -0.15) is 0 Å². The molecule has 1 aliphatic heterocycles. The number of amides is 2. The molecule has 20 heavy (non-hydrogen) atoms. The molecule has 2 atom stereocenters. The second-order valence-corrected chi connectivity index (χ2v) is 6.47. The minimum atomic E-state index is -0.166. The SMILES string of the molecule is CC[C@]1(CCC(=O)N[C@@H](C)c2cccs2)CCC(=O)N1. The Morgan fingerprint density at radius 2 is 2.40 bits per heavy atom. The highest BCUT2D eigenvalue weighted by molar-refractivity contribution is 7.10. The summed E-state index contributed by atoms with van der Waals surface area (Å²) in [7, 11) is 0. The summed E-state index contributed by atoms with van der Waals surface area (Å²) in [4.78, 5) is 24.6. The molecule has 0 aromatic carbocycles. The zero-order chi connectivity index (χ0) is 14.6. The summed E-state index contributed by atoms with van der Waals surface area (Å²) in [5.74, 6) is 0.166. The van der Waals surface area contributed by atoms with Crippen LogP contribution in [0.15, 0.2) is 17.5 Å². The maximum atomic E-state index is 12.0. The fourth-order valence-electron chi connectivity index (χ4n) is 2.68. The van der Waals surface area contributed by atoms with Crippen molar-refractivity contribution in [3.63, 3.8) is 0 Å². The predicted octanol–water partition coefficient (Wildman–Crippen LogP) is 2.76. The molecule has 1 aromatic heterocycles. The quantitative estimate of drug-likeness (QED) is 0.847. The third-order valence-corrected chi connectivity index (χ3v) is 5.15. The number of carbonyl (C=O) groups is 2. The summed E-state index contributed by atoms with van der Waals surface area (Å²) in [6.45, 7) is 4.06. The van der Waals surface area contributed by atoms with Crippen molar-refractivity contribution in [3.8, 4) is 0 Å². The number of rotatable bonds is 6. The molecule has 0 radical (unpaired) electrons. The molecule has 1 aliphatic rings. The monoisotopic (exact) mass is 294 g/mol. The predicted molar refractivity (Wildman–Crippen MR) is 80.5 cm³/mol. The van der Waals surface area contributed by atoms with Crippen molar-refractivity contribution in [2.24, 2.45) is 0 Å². The normalized spacial score (nSPS) is 23.4.